The summed E-state index contributed by atoms with van der Waals surface area (Å²) >= 11 is 3.74. The fourth-order valence-corrected chi connectivity index (χ4v) is 4.33. The number of aromatic nitrogens is 2. The largest absolute Gasteiger partial charge is 0.313 e. The van der Waals surface area contributed by atoms with Crippen molar-refractivity contribution in [2.75, 3.05) is 7.05 Å². The topological polar surface area (TPSA) is 29.9 Å². The molecule has 3 rings (SSSR count). The third-order valence-electron chi connectivity index (χ3n) is 4.61. The molecular formula is C17H22BrN3. The zero-order valence-electron chi connectivity index (χ0n) is 12.9. The molecule has 1 heterocycles. The molecule has 1 aromatic heterocycles. The third kappa shape index (κ3) is 2.55. The summed E-state index contributed by atoms with van der Waals surface area (Å²) in [5.41, 5.74) is 5.41. The van der Waals surface area contributed by atoms with E-state index in [-0.39, 0.29) is 0 Å². The Labute approximate surface area is 134 Å². The second kappa shape index (κ2) is 5.93. The maximum absolute atomic E-state index is 4.62. The van der Waals surface area contributed by atoms with Crippen molar-refractivity contribution < 1.29 is 0 Å². The zero-order valence-corrected chi connectivity index (χ0v) is 14.4. The number of halogens is 1. The van der Waals surface area contributed by atoms with E-state index in [0.717, 1.165) is 25.0 Å². The van der Waals surface area contributed by atoms with E-state index in [9.17, 15) is 0 Å². The molecule has 112 valence electrons. The van der Waals surface area contributed by atoms with Crippen LogP contribution in [0.4, 0.5) is 0 Å². The van der Waals surface area contributed by atoms with Gasteiger partial charge in [0.25, 0.3) is 0 Å². The van der Waals surface area contributed by atoms with Crippen LogP contribution >= 0.6 is 15.9 Å². The number of nitrogens with one attached hydrogen (secondary N) is 1. The number of fused-ring (bicyclic) bond motifs is 1. The number of rotatable bonds is 4. The van der Waals surface area contributed by atoms with Crippen LogP contribution in [0.3, 0.4) is 0 Å². The van der Waals surface area contributed by atoms with Crippen LogP contribution < -0.4 is 5.32 Å². The summed E-state index contributed by atoms with van der Waals surface area (Å²) in [6, 6.07) is 9.24. The highest BCUT2D eigenvalue weighted by molar-refractivity contribution is 9.10. The Morgan fingerprint density at radius 1 is 1.38 bits per heavy atom. The normalized spacial score (nSPS) is 20.8. The van der Waals surface area contributed by atoms with E-state index < -0.39 is 0 Å². The number of benzene rings is 1. The van der Waals surface area contributed by atoms with Crippen molar-refractivity contribution in [3.8, 4) is 0 Å². The molecule has 0 spiro atoms. The first-order valence-electron chi connectivity index (χ1n) is 7.61. The van der Waals surface area contributed by atoms with Crippen molar-refractivity contribution in [1.29, 1.82) is 0 Å². The molecule has 0 radical (unpaired) electrons. The summed E-state index contributed by atoms with van der Waals surface area (Å²) in [7, 11) is 4.12. The Bertz CT molecular complexity index is 647. The lowest BCUT2D eigenvalue weighted by molar-refractivity contribution is 0.401. The number of nitrogens with zero attached hydrogens (tertiary/aromatic N) is 2. The monoisotopic (exact) mass is 347 g/mol. The molecule has 0 amide bonds. The number of hydrogen-bond acceptors (Lipinski definition) is 2. The van der Waals surface area contributed by atoms with Crippen LogP contribution in [0.15, 0.2) is 28.7 Å². The molecule has 1 aliphatic carbocycles. The zero-order chi connectivity index (χ0) is 15.0. The van der Waals surface area contributed by atoms with Gasteiger partial charge in [-0.15, -0.1) is 0 Å². The molecular weight excluding hydrogens is 326 g/mol. The van der Waals surface area contributed by atoms with E-state index in [1.165, 1.54) is 21.3 Å². The predicted octanol–water partition coefficient (Wildman–Crippen LogP) is 3.42. The van der Waals surface area contributed by atoms with Gasteiger partial charge in [-0.1, -0.05) is 31.2 Å². The lowest BCUT2D eigenvalue weighted by Crippen LogP contribution is -2.24. The summed E-state index contributed by atoms with van der Waals surface area (Å²) in [5, 5.41) is 8.13. The van der Waals surface area contributed by atoms with Gasteiger partial charge in [-0.2, -0.15) is 5.10 Å². The molecule has 1 aliphatic rings. The van der Waals surface area contributed by atoms with Gasteiger partial charge in [-0.25, -0.2) is 0 Å². The molecule has 21 heavy (non-hydrogen) atoms. The lowest BCUT2D eigenvalue weighted by atomic mass is 9.95. The highest BCUT2D eigenvalue weighted by Crippen LogP contribution is 2.38. The highest BCUT2D eigenvalue weighted by Gasteiger charge is 2.32. The molecule has 0 fully saturated rings. The van der Waals surface area contributed by atoms with E-state index in [1.54, 1.807) is 0 Å². The van der Waals surface area contributed by atoms with Gasteiger partial charge in [0.15, 0.2) is 0 Å². The predicted molar refractivity (Wildman–Crippen MR) is 89.4 cm³/mol. The van der Waals surface area contributed by atoms with E-state index >= 15 is 0 Å². The Hall–Kier alpha value is -1.13. The van der Waals surface area contributed by atoms with Gasteiger partial charge in [0.05, 0.1) is 15.9 Å². The first-order valence-corrected chi connectivity index (χ1v) is 8.40. The molecule has 3 nitrogen and oxygen atoms in total. The number of hydrogen-bond donors (Lipinski definition) is 1. The van der Waals surface area contributed by atoms with Gasteiger partial charge in [0.1, 0.15) is 0 Å². The molecule has 2 aromatic rings. The molecule has 1 N–H and O–H groups in total. The first kappa shape index (κ1) is 14.8. The average molecular weight is 348 g/mol. The molecule has 0 aliphatic heterocycles. The van der Waals surface area contributed by atoms with Crippen LogP contribution in [0.5, 0.6) is 0 Å². The molecule has 4 heteroatoms. The van der Waals surface area contributed by atoms with Gasteiger partial charge < -0.3 is 5.32 Å². The average Bonchev–Trinajstić information content (AvgIpc) is 2.98. The maximum atomic E-state index is 4.62. The van der Waals surface area contributed by atoms with E-state index in [2.05, 4.69) is 71.6 Å². The quantitative estimate of drug-likeness (QED) is 0.918. The third-order valence-corrected chi connectivity index (χ3v) is 5.53. The highest BCUT2D eigenvalue weighted by atomic mass is 79.9. The molecule has 0 bridgehead atoms. The van der Waals surface area contributed by atoms with Crippen LogP contribution in [0.25, 0.3) is 0 Å². The maximum Gasteiger partial charge on any atom is 0.0766 e. The van der Waals surface area contributed by atoms with Crippen molar-refractivity contribution in [2.45, 2.75) is 32.2 Å². The minimum atomic E-state index is 0.438. The van der Waals surface area contributed by atoms with Crippen molar-refractivity contribution in [3.63, 3.8) is 0 Å². The van der Waals surface area contributed by atoms with Crippen LogP contribution in [-0.4, -0.2) is 16.8 Å². The SMILES string of the molecule is CCc1nn(C)c(CC2Cc3ccccc3C2NC)c1Br. The Balaban J connectivity index is 1.88. The van der Waals surface area contributed by atoms with Crippen molar-refractivity contribution in [2.24, 2.45) is 13.0 Å². The van der Waals surface area contributed by atoms with Gasteiger partial charge in [0.2, 0.25) is 0 Å². The minimum absolute atomic E-state index is 0.438. The van der Waals surface area contributed by atoms with Crippen LogP contribution in [0, 0.1) is 5.92 Å². The van der Waals surface area contributed by atoms with Gasteiger partial charge in [-0.05, 0) is 59.3 Å². The molecule has 2 unspecified atom stereocenters. The van der Waals surface area contributed by atoms with Gasteiger partial charge in [0, 0.05) is 13.1 Å². The summed E-state index contributed by atoms with van der Waals surface area (Å²) in [6.45, 7) is 2.15. The summed E-state index contributed by atoms with van der Waals surface area (Å²) in [4.78, 5) is 0. The Morgan fingerprint density at radius 3 is 2.81 bits per heavy atom. The minimum Gasteiger partial charge on any atom is -0.313 e. The number of aryl methyl sites for hydroxylation is 2. The molecule has 2 atom stereocenters. The van der Waals surface area contributed by atoms with Crippen molar-refractivity contribution >= 4 is 15.9 Å². The van der Waals surface area contributed by atoms with E-state index in [1.807, 2.05) is 4.68 Å². The standard InChI is InChI=1S/C17H22BrN3/c1-4-14-16(18)15(21(3)20-14)10-12-9-11-7-5-6-8-13(11)17(12)19-2/h5-8,12,17,19H,4,9-10H2,1-3H3. The Morgan fingerprint density at radius 2 is 2.14 bits per heavy atom. The molecule has 1 aromatic carbocycles. The first-order chi connectivity index (χ1) is 10.2. The fourth-order valence-electron chi connectivity index (χ4n) is 3.55. The molecule has 0 saturated carbocycles. The molecule has 0 saturated heterocycles. The Kier molecular flexibility index (Phi) is 4.18. The fraction of sp³-hybridized carbons (Fsp3) is 0.471. The second-order valence-electron chi connectivity index (χ2n) is 5.82. The van der Waals surface area contributed by atoms with E-state index in [0.29, 0.717) is 12.0 Å². The van der Waals surface area contributed by atoms with Crippen molar-refractivity contribution in [1.82, 2.24) is 15.1 Å². The smallest absolute Gasteiger partial charge is 0.0766 e. The van der Waals surface area contributed by atoms with Gasteiger partial charge in [-0.3, -0.25) is 4.68 Å². The van der Waals surface area contributed by atoms with E-state index in [4.69, 9.17) is 0 Å². The summed E-state index contributed by atoms with van der Waals surface area (Å²) in [5.74, 6) is 0.587. The summed E-state index contributed by atoms with van der Waals surface area (Å²) in [6.07, 6.45) is 3.15. The van der Waals surface area contributed by atoms with Crippen LogP contribution in [-0.2, 0) is 26.3 Å². The van der Waals surface area contributed by atoms with Crippen LogP contribution in [0.1, 0.15) is 35.5 Å². The van der Waals surface area contributed by atoms with Crippen molar-refractivity contribution in [3.05, 3.63) is 51.3 Å². The summed E-state index contributed by atoms with van der Waals surface area (Å²) < 4.78 is 3.23. The van der Waals surface area contributed by atoms with Gasteiger partial charge >= 0.3 is 0 Å². The second-order valence-corrected chi connectivity index (χ2v) is 6.61. The lowest BCUT2D eigenvalue weighted by Gasteiger charge is -2.20. The van der Waals surface area contributed by atoms with Crippen LogP contribution in [0.2, 0.25) is 0 Å².